The SMILES string of the molecule is C[C@@H]1CN(C(C)(C)CNC(=O)c2ccc(S(C)(=O)=O)cc2)C[C@@H](C)O1. The number of sulfone groups is 1. The van der Waals surface area contributed by atoms with Gasteiger partial charge in [0.1, 0.15) is 0 Å². The van der Waals surface area contributed by atoms with Crippen LogP contribution in [-0.4, -0.2) is 62.9 Å². The monoisotopic (exact) mass is 368 g/mol. The lowest BCUT2D eigenvalue weighted by Crippen LogP contribution is -2.58. The van der Waals surface area contributed by atoms with Crippen LogP contribution in [-0.2, 0) is 14.6 Å². The summed E-state index contributed by atoms with van der Waals surface area (Å²) in [6.07, 6.45) is 1.49. The Morgan fingerprint density at radius 3 is 2.20 bits per heavy atom. The summed E-state index contributed by atoms with van der Waals surface area (Å²) in [7, 11) is -3.26. The smallest absolute Gasteiger partial charge is 0.251 e. The van der Waals surface area contributed by atoms with Gasteiger partial charge < -0.3 is 10.1 Å². The number of benzene rings is 1. The summed E-state index contributed by atoms with van der Waals surface area (Å²) in [5, 5.41) is 2.95. The number of rotatable bonds is 5. The molecule has 1 aromatic carbocycles. The van der Waals surface area contributed by atoms with Gasteiger partial charge in [0, 0.05) is 37.0 Å². The molecule has 25 heavy (non-hydrogen) atoms. The molecule has 2 atom stereocenters. The highest BCUT2D eigenvalue weighted by atomic mass is 32.2. The molecule has 7 heteroatoms. The number of morpholine rings is 1. The van der Waals surface area contributed by atoms with Crippen LogP contribution in [0.2, 0.25) is 0 Å². The standard InChI is InChI=1S/C18H28N2O4S/c1-13-10-20(11-14(2)24-13)18(3,4)12-19-17(21)15-6-8-16(9-7-15)25(5,22)23/h6-9,13-14H,10-12H2,1-5H3,(H,19,21)/t13-,14-/m1/s1. The van der Waals surface area contributed by atoms with Gasteiger partial charge in [0.15, 0.2) is 9.84 Å². The van der Waals surface area contributed by atoms with Crippen LogP contribution in [0.15, 0.2) is 29.2 Å². The van der Waals surface area contributed by atoms with Gasteiger partial charge in [-0.05, 0) is 52.0 Å². The van der Waals surface area contributed by atoms with E-state index in [2.05, 4.69) is 37.9 Å². The molecule has 1 aromatic rings. The Labute approximate surface area is 150 Å². The summed E-state index contributed by atoms with van der Waals surface area (Å²) in [6, 6.07) is 6.00. The zero-order chi connectivity index (χ0) is 18.8. The zero-order valence-corrected chi connectivity index (χ0v) is 16.4. The maximum absolute atomic E-state index is 12.4. The first-order valence-electron chi connectivity index (χ1n) is 8.48. The van der Waals surface area contributed by atoms with Crippen molar-refractivity contribution in [2.24, 2.45) is 0 Å². The van der Waals surface area contributed by atoms with Gasteiger partial charge in [-0.2, -0.15) is 0 Å². The quantitative estimate of drug-likeness (QED) is 0.856. The van der Waals surface area contributed by atoms with E-state index in [1.807, 2.05) is 0 Å². The van der Waals surface area contributed by atoms with Crippen molar-refractivity contribution < 1.29 is 17.9 Å². The zero-order valence-electron chi connectivity index (χ0n) is 15.6. The van der Waals surface area contributed by atoms with Crippen molar-refractivity contribution in [2.75, 3.05) is 25.9 Å². The van der Waals surface area contributed by atoms with Gasteiger partial charge in [-0.15, -0.1) is 0 Å². The molecule has 1 N–H and O–H groups in total. The van der Waals surface area contributed by atoms with E-state index in [1.165, 1.54) is 24.3 Å². The predicted molar refractivity (Wildman–Crippen MR) is 97.5 cm³/mol. The Bertz CT molecular complexity index is 703. The molecule has 6 nitrogen and oxygen atoms in total. The molecule has 0 unspecified atom stereocenters. The van der Waals surface area contributed by atoms with E-state index in [0.29, 0.717) is 12.1 Å². The number of hydrogen-bond acceptors (Lipinski definition) is 5. The number of hydrogen-bond donors (Lipinski definition) is 1. The third-order valence-electron chi connectivity index (χ3n) is 4.50. The molecule has 0 bridgehead atoms. The average molecular weight is 368 g/mol. The first kappa shape index (κ1) is 19.9. The molecule has 0 saturated carbocycles. The molecule has 1 fully saturated rings. The number of nitrogens with one attached hydrogen (secondary N) is 1. The Balaban J connectivity index is 1.98. The van der Waals surface area contributed by atoms with Crippen molar-refractivity contribution >= 4 is 15.7 Å². The van der Waals surface area contributed by atoms with Gasteiger partial charge in [-0.3, -0.25) is 9.69 Å². The molecule has 1 saturated heterocycles. The average Bonchev–Trinajstić information content (AvgIpc) is 2.51. The molecule has 1 aliphatic heterocycles. The molecular weight excluding hydrogens is 340 g/mol. The highest BCUT2D eigenvalue weighted by Gasteiger charge is 2.33. The number of carbonyl (C=O) groups is 1. The number of amides is 1. The highest BCUT2D eigenvalue weighted by Crippen LogP contribution is 2.21. The van der Waals surface area contributed by atoms with Gasteiger partial charge >= 0.3 is 0 Å². The lowest BCUT2D eigenvalue weighted by atomic mass is 10.00. The van der Waals surface area contributed by atoms with Gasteiger partial charge in [0.05, 0.1) is 17.1 Å². The van der Waals surface area contributed by atoms with Crippen LogP contribution < -0.4 is 5.32 Å². The van der Waals surface area contributed by atoms with Gasteiger partial charge in [-0.1, -0.05) is 0 Å². The lowest BCUT2D eigenvalue weighted by molar-refractivity contribution is -0.0948. The second-order valence-electron chi connectivity index (χ2n) is 7.45. The molecule has 1 heterocycles. The van der Waals surface area contributed by atoms with Crippen molar-refractivity contribution in [3.05, 3.63) is 29.8 Å². The molecule has 0 radical (unpaired) electrons. The summed E-state index contributed by atoms with van der Waals surface area (Å²) < 4.78 is 28.7. The fraction of sp³-hybridized carbons (Fsp3) is 0.611. The van der Waals surface area contributed by atoms with E-state index >= 15 is 0 Å². The Morgan fingerprint density at radius 1 is 1.20 bits per heavy atom. The lowest BCUT2D eigenvalue weighted by Gasteiger charge is -2.45. The largest absolute Gasteiger partial charge is 0.373 e. The van der Waals surface area contributed by atoms with E-state index in [0.717, 1.165) is 19.3 Å². The van der Waals surface area contributed by atoms with Gasteiger partial charge in [0.2, 0.25) is 0 Å². The summed E-state index contributed by atoms with van der Waals surface area (Å²) >= 11 is 0. The topological polar surface area (TPSA) is 75.7 Å². The van der Waals surface area contributed by atoms with Crippen LogP contribution in [0, 0.1) is 0 Å². The van der Waals surface area contributed by atoms with E-state index in [1.54, 1.807) is 0 Å². The summed E-state index contributed by atoms with van der Waals surface area (Å²) in [5.41, 5.74) is 0.251. The normalized spacial score (nSPS) is 22.6. The van der Waals surface area contributed by atoms with Crippen LogP contribution in [0.3, 0.4) is 0 Å². The molecule has 140 valence electrons. The molecule has 0 aliphatic carbocycles. The fourth-order valence-electron chi connectivity index (χ4n) is 3.04. The van der Waals surface area contributed by atoms with E-state index in [4.69, 9.17) is 4.74 Å². The van der Waals surface area contributed by atoms with Crippen LogP contribution in [0.4, 0.5) is 0 Å². The minimum atomic E-state index is -3.26. The maximum atomic E-state index is 12.4. The Kier molecular flexibility index (Phi) is 5.91. The third kappa shape index (κ3) is 5.26. The van der Waals surface area contributed by atoms with Crippen molar-refractivity contribution in [3.63, 3.8) is 0 Å². The van der Waals surface area contributed by atoms with Gasteiger partial charge in [0.25, 0.3) is 5.91 Å². The van der Waals surface area contributed by atoms with E-state index in [-0.39, 0.29) is 28.5 Å². The first-order valence-corrected chi connectivity index (χ1v) is 10.4. The third-order valence-corrected chi connectivity index (χ3v) is 5.63. The minimum absolute atomic E-state index is 0.169. The molecule has 0 spiro atoms. The molecular formula is C18H28N2O4S. The fourth-order valence-corrected chi connectivity index (χ4v) is 3.67. The van der Waals surface area contributed by atoms with E-state index in [9.17, 15) is 13.2 Å². The number of ether oxygens (including phenoxy) is 1. The Hall–Kier alpha value is -1.44. The second-order valence-corrected chi connectivity index (χ2v) is 9.47. The van der Waals surface area contributed by atoms with Crippen LogP contribution >= 0.6 is 0 Å². The first-order chi connectivity index (χ1) is 11.5. The number of nitrogens with zero attached hydrogens (tertiary/aromatic N) is 1. The van der Waals surface area contributed by atoms with Crippen LogP contribution in [0.1, 0.15) is 38.1 Å². The van der Waals surface area contributed by atoms with Crippen molar-refractivity contribution in [2.45, 2.75) is 50.3 Å². The van der Waals surface area contributed by atoms with Crippen molar-refractivity contribution in [3.8, 4) is 0 Å². The van der Waals surface area contributed by atoms with E-state index < -0.39 is 9.84 Å². The molecule has 1 amide bonds. The number of carbonyl (C=O) groups excluding carboxylic acids is 1. The van der Waals surface area contributed by atoms with Crippen molar-refractivity contribution in [1.82, 2.24) is 10.2 Å². The molecule has 1 aliphatic rings. The van der Waals surface area contributed by atoms with Crippen LogP contribution in [0.5, 0.6) is 0 Å². The summed E-state index contributed by atoms with van der Waals surface area (Å²) in [4.78, 5) is 14.9. The molecule has 0 aromatic heterocycles. The summed E-state index contributed by atoms with van der Waals surface area (Å²) in [6.45, 7) is 10.5. The van der Waals surface area contributed by atoms with Crippen molar-refractivity contribution in [1.29, 1.82) is 0 Å². The van der Waals surface area contributed by atoms with Crippen LogP contribution in [0.25, 0.3) is 0 Å². The Morgan fingerprint density at radius 2 is 1.72 bits per heavy atom. The highest BCUT2D eigenvalue weighted by molar-refractivity contribution is 7.90. The summed E-state index contributed by atoms with van der Waals surface area (Å²) in [5.74, 6) is -0.206. The maximum Gasteiger partial charge on any atom is 0.251 e. The predicted octanol–water partition coefficient (Wildman–Crippen LogP) is 1.71. The minimum Gasteiger partial charge on any atom is -0.373 e. The molecule has 2 rings (SSSR count). The second kappa shape index (κ2) is 7.43. The van der Waals surface area contributed by atoms with Gasteiger partial charge in [-0.25, -0.2) is 8.42 Å².